The molecule has 0 aromatic heterocycles. The molecular formula is C50H76N14O17S. The Labute approximate surface area is 475 Å². The quantitative estimate of drug-likeness (QED) is 0.0171. The molecule has 32 heteroatoms. The number of carbonyl (C=O) groups excluding carboxylic acids is 10. The number of aliphatic hydroxyl groups excluding tert-OH is 3. The molecule has 0 bridgehead atoms. The third kappa shape index (κ3) is 24.6. The van der Waals surface area contributed by atoms with Gasteiger partial charge in [0.25, 0.3) is 0 Å². The summed E-state index contributed by atoms with van der Waals surface area (Å²) < 4.78 is 0. The molecule has 0 aliphatic carbocycles. The maximum atomic E-state index is 14.2. The summed E-state index contributed by atoms with van der Waals surface area (Å²) in [6, 6.07) is -4.75. The number of hydrogen-bond donors (Lipinski definition) is 19. The normalized spacial score (nSPS) is 14.6. The Hall–Kier alpha value is -8.33. The zero-order valence-electron chi connectivity index (χ0n) is 45.6. The van der Waals surface area contributed by atoms with Crippen molar-refractivity contribution in [1.29, 1.82) is 0 Å². The van der Waals surface area contributed by atoms with Crippen molar-refractivity contribution in [3.8, 4) is 11.5 Å². The van der Waals surface area contributed by atoms with Crippen LogP contribution in [-0.2, 0) is 65.6 Å². The van der Waals surface area contributed by atoms with Gasteiger partial charge in [-0.1, -0.05) is 38.1 Å². The summed E-state index contributed by atoms with van der Waals surface area (Å²) in [5, 5.41) is 80.4. The van der Waals surface area contributed by atoms with Gasteiger partial charge < -0.3 is 101 Å². The van der Waals surface area contributed by atoms with Gasteiger partial charge in [0.2, 0.25) is 59.1 Å². The Morgan fingerprint density at radius 3 is 1.37 bits per heavy atom. The van der Waals surface area contributed by atoms with Crippen LogP contribution < -0.4 is 70.8 Å². The highest BCUT2D eigenvalue weighted by molar-refractivity contribution is 7.98. The third-order valence-corrected chi connectivity index (χ3v) is 12.7. The van der Waals surface area contributed by atoms with Crippen LogP contribution in [0.4, 0.5) is 0 Å². The van der Waals surface area contributed by atoms with Crippen molar-refractivity contribution in [2.45, 2.75) is 120 Å². The second-order valence-electron chi connectivity index (χ2n) is 19.0. The molecule has 0 heterocycles. The number of carboxylic acid groups (broad SMARTS) is 1. The Balaban J connectivity index is 2.26. The number of aliphatic imine (C=N–C) groups is 1. The van der Waals surface area contributed by atoms with Crippen LogP contribution in [-0.4, -0.2) is 200 Å². The van der Waals surface area contributed by atoms with Crippen LogP contribution in [0.5, 0.6) is 11.5 Å². The van der Waals surface area contributed by atoms with E-state index in [1.54, 1.807) is 6.26 Å². The summed E-state index contributed by atoms with van der Waals surface area (Å²) in [5.41, 5.74) is 22.7. The van der Waals surface area contributed by atoms with Crippen molar-refractivity contribution in [2.75, 3.05) is 38.4 Å². The minimum Gasteiger partial charge on any atom is -0.508 e. The maximum absolute atomic E-state index is 14.2. The molecule has 10 atom stereocenters. The number of carboxylic acids is 1. The number of rotatable bonds is 36. The largest absolute Gasteiger partial charge is 0.508 e. The molecule has 82 heavy (non-hydrogen) atoms. The lowest BCUT2D eigenvalue weighted by Crippen LogP contribution is -2.62. The van der Waals surface area contributed by atoms with Crippen molar-refractivity contribution in [3.05, 3.63) is 59.7 Å². The fourth-order valence-electron chi connectivity index (χ4n) is 7.39. The standard InChI is InChI=1S/C50H76N14O17S/c1-24(2)39(64-47(78)37(23-67)63-46(77)36(22-66)62-45(76)35(21-65)61-40(71)25(3)56-41(72)30(51)6-5-16-55-50(53)54)48(79)59-33(20-38(52)70)44(75)58-32(18-26-7-11-28(68)12-8-26)43(74)57-31(15-17-82-4)42(73)60-34(49(80)81)19-27-9-13-29(69)14-10-27/h7-14,24-25,30-37,39,65-69H,5-6,15-23,51H2,1-4H3,(H2,52,70)(H,56,72)(H,57,74)(H,58,75)(H,59,79)(H,60,73)(H,61,71)(H,62,76)(H,63,77)(H,64,78)(H,80,81)(H4,53,54,55)/t25-,30-,31-,32-,33-,34-,35-,36-,37-,39-/m0/s1. The van der Waals surface area contributed by atoms with Crippen molar-refractivity contribution in [1.82, 2.24) is 47.9 Å². The first kappa shape index (κ1) is 69.8. The van der Waals surface area contributed by atoms with Gasteiger partial charge in [-0.05, 0) is 79.5 Å². The van der Waals surface area contributed by atoms with E-state index in [4.69, 9.17) is 22.9 Å². The molecular weight excluding hydrogens is 1100 g/mol. The highest BCUT2D eigenvalue weighted by Gasteiger charge is 2.36. The monoisotopic (exact) mass is 1180 g/mol. The zero-order valence-corrected chi connectivity index (χ0v) is 46.4. The molecule has 0 saturated carbocycles. The number of aromatic hydroxyl groups is 2. The molecule has 31 nitrogen and oxygen atoms in total. The van der Waals surface area contributed by atoms with Gasteiger partial charge in [-0.3, -0.25) is 52.9 Å². The van der Waals surface area contributed by atoms with E-state index >= 15 is 0 Å². The summed E-state index contributed by atoms with van der Waals surface area (Å²) >= 11 is 1.30. The van der Waals surface area contributed by atoms with E-state index in [9.17, 15) is 83.4 Å². The molecule has 2 aromatic carbocycles. The van der Waals surface area contributed by atoms with E-state index in [0.29, 0.717) is 23.3 Å². The van der Waals surface area contributed by atoms with E-state index < -0.39 is 158 Å². The topological polar surface area (TPSA) is 534 Å². The fraction of sp³-hybridized carbons (Fsp3) is 0.520. The SMILES string of the molecule is CSCC[C@H](NC(=O)[C@H](Cc1ccc(O)cc1)NC(=O)[C@H](CC(N)=O)NC(=O)[C@@H](NC(=O)[C@H](CO)NC(=O)[C@H](CO)NC(=O)[C@H](CO)NC(=O)[C@H](C)NC(=O)[C@@H](N)CCCN=C(N)N)C(C)C)C(=O)N[C@@H](Cc1ccc(O)cc1)C(=O)O. The summed E-state index contributed by atoms with van der Waals surface area (Å²) in [5.74, 6) is -13.0. The Morgan fingerprint density at radius 2 is 0.915 bits per heavy atom. The number of carbonyl (C=O) groups is 11. The van der Waals surface area contributed by atoms with Gasteiger partial charge in [-0.15, -0.1) is 0 Å². The molecule has 0 aliphatic heterocycles. The van der Waals surface area contributed by atoms with Crippen LogP contribution in [0.3, 0.4) is 0 Å². The summed E-state index contributed by atoms with van der Waals surface area (Å²) in [4.78, 5) is 150. The summed E-state index contributed by atoms with van der Waals surface area (Å²) in [6.07, 6.45) is 0.786. The molecule has 454 valence electrons. The number of guanidine groups is 1. The fourth-order valence-corrected chi connectivity index (χ4v) is 7.86. The predicted molar refractivity (Wildman–Crippen MR) is 295 cm³/mol. The first-order valence-corrected chi connectivity index (χ1v) is 27.0. The minimum absolute atomic E-state index is 0.0224. The molecule has 0 radical (unpaired) electrons. The number of nitrogens with one attached hydrogen (secondary N) is 9. The van der Waals surface area contributed by atoms with E-state index in [1.165, 1.54) is 81.1 Å². The molecule has 2 aromatic rings. The van der Waals surface area contributed by atoms with E-state index in [2.05, 4.69) is 52.8 Å². The summed E-state index contributed by atoms with van der Waals surface area (Å²) in [7, 11) is 0. The first-order valence-electron chi connectivity index (χ1n) is 25.6. The predicted octanol–water partition coefficient (Wildman–Crippen LogP) is -7.01. The Morgan fingerprint density at radius 1 is 0.512 bits per heavy atom. The Kier molecular flexibility index (Phi) is 30.1. The van der Waals surface area contributed by atoms with Gasteiger partial charge in [0, 0.05) is 19.4 Å². The number of aliphatic carboxylic acids is 1. The van der Waals surface area contributed by atoms with Crippen molar-refractivity contribution in [2.24, 2.45) is 33.8 Å². The Bertz CT molecular complexity index is 2540. The van der Waals surface area contributed by atoms with E-state index in [-0.39, 0.29) is 49.7 Å². The van der Waals surface area contributed by atoms with Crippen LogP contribution in [0.15, 0.2) is 53.5 Å². The third-order valence-electron chi connectivity index (χ3n) is 12.0. The van der Waals surface area contributed by atoms with Gasteiger partial charge in [-0.2, -0.15) is 11.8 Å². The van der Waals surface area contributed by atoms with Crippen molar-refractivity contribution in [3.63, 3.8) is 0 Å². The van der Waals surface area contributed by atoms with Crippen LogP contribution >= 0.6 is 11.8 Å². The van der Waals surface area contributed by atoms with Gasteiger partial charge in [0.05, 0.1) is 32.3 Å². The number of amides is 10. The van der Waals surface area contributed by atoms with Crippen molar-refractivity contribution < 1.29 is 83.4 Å². The number of thioether (sulfide) groups is 1. The first-order chi connectivity index (χ1) is 38.6. The number of phenols is 2. The van der Waals surface area contributed by atoms with Crippen LogP contribution in [0.1, 0.15) is 57.6 Å². The highest BCUT2D eigenvalue weighted by Crippen LogP contribution is 2.15. The second kappa shape index (κ2) is 35.4. The maximum Gasteiger partial charge on any atom is 0.326 e. The number of nitrogens with two attached hydrogens (primary N) is 4. The number of primary amides is 1. The second-order valence-corrected chi connectivity index (χ2v) is 20.0. The molecule has 0 aliphatic rings. The van der Waals surface area contributed by atoms with E-state index in [1.807, 2.05) is 0 Å². The highest BCUT2D eigenvalue weighted by atomic mass is 32.2. The number of hydrogen-bond acceptors (Lipinski definition) is 19. The van der Waals surface area contributed by atoms with E-state index in [0.717, 1.165) is 0 Å². The number of aliphatic hydroxyl groups is 3. The number of nitrogens with zero attached hydrogens (tertiary/aromatic N) is 1. The van der Waals surface area contributed by atoms with Gasteiger partial charge >= 0.3 is 5.97 Å². The van der Waals surface area contributed by atoms with Crippen LogP contribution in [0.25, 0.3) is 0 Å². The van der Waals surface area contributed by atoms with Crippen molar-refractivity contribution >= 4 is 82.8 Å². The zero-order chi connectivity index (χ0) is 61.8. The lowest BCUT2D eigenvalue weighted by Gasteiger charge is -2.28. The molecule has 2 rings (SSSR count). The average Bonchev–Trinajstić information content (AvgIpc) is 3.45. The smallest absolute Gasteiger partial charge is 0.326 e. The van der Waals surface area contributed by atoms with Gasteiger partial charge in [-0.25, -0.2) is 4.79 Å². The van der Waals surface area contributed by atoms with Crippen LogP contribution in [0, 0.1) is 5.92 Å². The molecule has 0 unspecified atom stereocenters. The molecule has 0 spiro atoms. The van der Waals surface area contributed by atoms with Gasteiger partial charge in [0.15, 0.2) is 5.96 Å². The molecule has 0 fully saturated rings. The van der Waals surface area contributed by atoms with Gasteiger partial charge in [0.1, 0.15) is 65.9 Å². The minimum atomic E-state index is -1.89. The lowest BCUT2D eigenvalue weighted by atomic mass is 10.0. The average molecular weight is 1180 g/mol. The molecule has 0 saturated heterocycles. The molecule has 10 amide bonds. The summed E-state index contributed by atoms with van der Waals surface area (Å²) in [6.45, 7) is 1.04. The number of phenolic OH excluding ortho intramolecular Hbond substituents is 2. The number of benzene rings is 2. The molecule has 23 N–H and O–H groups in total. The lowest BCUT2D eigenvalue weighted by molar-refractivity contribution is -0.142. The van der Waals surface area contributed by atoms with Crippen LogP contribution in [0.2, 0.25) is 0 Å².